The summed E-state index contributed by atoms with van der Waals surface area (Å²) in [6.07, 6.45) is -0.227. The van der Waals surface area contributed by atoms with Gasteiger partial charge in [0.15, 0.2) is 0 Å². The minimum atomic E-state index is -0.227. The predicted molar refractivity (Wildman–Crippen MR) is 89.2 cm³/mol. The van der Waals surface area contributed by atoms with Crippen LogP contribution in [0.2, 0.25) is 0 Å². The summed E-state index contributed by atoms with van der Waals surface area (Å²) >= 11 is 3.35. The van der Waals surface area contributed by atoms with Gasteiger partial charge >= 0.3 is 0 Å². The Hall–Kier alpha value is -1.85. The molecule has 0 heterocycles. The van der Waals surface area contributed by atoms with Crippen LogP contribution >= 0.6 is 15.9 Å². The van der Waals surface area contributed by atoms with Crippen molar-refractivity contribution in [1.82, 2.24) is 5.32 Å². The highest BCUT2D eigenvalue weighted by atomic mass is 79.9. The smallest absolute Gasteiger partial charge is 0.251 e. The number of rotatable bonds is 6. The van der Waals surface area contributed by atoms with Gasteiger partial charge in [-0.3, -0.25) is 4.79 Å². The van der Waals surface area contributed by atoms with Gasteiger partial charge < -0.3 is 14.8 Å². The standard InChI is InChI=1S/C17H18BrNO3/c1-21-15-5-3-4-13(10-15)16(22-2)11-19-17(20)12-6-8-14(18)9-7-12/h3-10,16H,11H2,1-2H3,(H,19,20). The zero-order chi connectivity index (χ0) is 15.9. The number of carbonyl (C=O) groups is 1. The molecule has 0 fully saturated rings. The van der Waals surface area contributed by atoms with Gasteiger partial charge in [0.05, 0.1) is 13.2 Å². The lowest BCUT2D eigenvalue weighted by molar-refractivity contribution is 0.0827. The molecule has 2 aromatic carbocycles. The molecule has 0 aliphatic heterocycles. The van der Waals surface area contributed by atoms with Crippen molar-refractivity contribution in [3.05, 3.63) is 64.1 Å². The van der Waals surface area contributed by atoms with E-state index in [0.717, 1.165) is 15.8 Å². The zero-order valence-electron chi connectivity index (χ0n) is 12.5. The number of hydrogen-bond donors (Lipinski definition) is 1. The second-order valence-corrected chi connectivity index (χ2v) is 5.63. The molecule has 4 nitrogen and oxygen atoms in total. The van der Waals surface area contributed by atoms with E-state index >= 15 is 0 Å². The molecule has 1 amide bonds. The van der Waals surface area contributed by atoms with Crippen LogP contribution in [0.4, 0.5) is 0 Å². The molecule has 1 N–H and O–H groups in total. The van der Waals surface area contributed by atoms with E-state index in [0.29, 0.717) is 12.1 Å². The van der Waals surface area contributed by atoms with E-state index in [2.05, 4.69) is 21.2 Å². The highest BCUT2D eigenvalue weighted by Crippen LogP contribution is 2.21. The number of hydrogen-bond acceptors (Lipinski definition) is 3. The van der Waals surface area contributed by atoms with Crippen molar-refractivity contribution in [2.45, 2.75) is 6.10 Å². The first-order chi connectivity index (χ1) is 10.6. The van der Waals surface area contributed by atoms with Gasteiger partial charge in [0.2, 0.25) is 0 Å². The molecule has 2 rings (SSSR count). The molecule has 0 saturated heterocycles. The average molecular weight is 364 g/mol. The molecule has 0 spiro atoms. The lowest BCUT2D eigenvalue weighted by Crippen LogP contribution is -2.29. The second kappa shape index (κ2) is 7.96. The van der Waals surface area contributed by atoms with Gasteiger partial charge in [-0.1, -0.05) is 28.1 Å². The molecule has 2 aromatic rings. The number of ether oxygens (including phenoxy) is 2. The largest absolute Gasteiger partial charge is 0.497 e. The summed E-state index contributed by atoms with van der Waals surface area (Å²) in [5.74, 6) is 0.635. The van der Waals surface area contributed by atoms with Crippen LogP contribution in [-0.2, 0) is 4.74 Å². The van der Waals surface area contributed by atoms with Crippen LogP contribution in [0.1, 0.15) is 22.0 Å². The topological polar surface area (TPSA) is 47.6 Å². The van der Waals surface area contributed by atoms with Crippen molar-refractivity contribution in [2.75, 3.05) is 20.8 Å². The van der Waals surface area contributed by atoms with Gasteiger partial charge in [-0.2, -0.15) is 0 Å². The summed E-state index contributed by atoms with van der Waals surface area (Å²) < 4.78 is 11.6. The molecule has 0 aliphatic carbocycles. The molecular weight excluding hydrogens is 346 g/mol. The lowest BCUT2D eigenvalue weighted by atomic mass is 10.1. The van der Waals surface area contributed by atoms with Crippen LogP contribution in [0.3, 0.4) is 0 Å². The molecule has 1 unspecified atom stereocenters. The van der Waals surface area contributed by atoms with Crippen LogP contribution in [-0.4, -0.2) is 26.7 Å². The Morgan fingerprint density at radius 1 is 1.18 bits per heavy atom. The first-order valence-electron chi connectivity index (χ1n) is 6.84. The highest BCUT2D eigenvalue weighted by Gasteiger charge is 2.13. The van der Waals surface area contributed by atoms with Crippen molar-refractivity contribution in [2.24, 2.45) is 0 Å². The molecule has 1 atom stereocenters. The third-order valence-electron chi connectivity index (χ3n) is 3.30. The Morgan fingerprint density at radius 2 is 1.91 bits per heavy atom. The number of nitrogens with one attached hydrogen (secondary N) is 1. The number of carbonyl (C=O) groups excluding carboxylic acids is 1. The van der Waals surface area contributed by atoms with Crippen molar-refractivity contribution in [3.8, 4) is 5.75 Å². The predicted octanol–water partition coefficient (Wildman–Crippen LogP) is 3.58. The Bertz CT molecular complexity index is 628. The highest BCUT2D eigenvalue weighted by molar-refractivity contribution is 9.10. The minimum Gasteiger partial charge on any atom is -0.497 e. The number of amides is 1. The molecule has 0 bridgehead atoms. The number of halogens is 1. The van der Waals surface area contributed by atoms with Gasteiger partial charge in [-0.25, -0.2) is 0 Å². The second-order valence-electron chi connectivity index (χ2n) is 4.72. The van der Waals surface area contributed by atoms with Crippen molar-refractivity contribution in [1.29, 1.82) is 0 Å². The summed E-state index contributed by atoms with van der Waals surface area (Å²) in [5, 5.41) is 2.89. The maximum Gasteiger partial charge on any atom is 0.251 e. The Balaban J connectivity index is 2.01. The third kappa shape index (κ3) is 4.32. The number of benzene rings is 2. The Labute approximate surface area is 138 Å². The summed E-state index contributed by atoms with van der Waals surface area (Å²) in [7, 11) is 3.24. The Morgan fingerprint density at radius 3 is 2.55 bits per heavy atom. The average Bonchev–Trinajstić information content (AvgIpc) is 2.56. The quantitative estimate of drug-likeness (QED) is 0.853. The maximum absolute atomic E-state index is 12.1. The van der Waals surface area contributed by atoms with E-state index in [9.17, 15) is 4.79 Å². The normalized spacial score (nSPS) is 11.8. The van der Waals surface area contributed by atoms with Crippen molar-refractivity contribution in [3.63, 3.8) is 0 Å². The van der Waals surface area contributed by atoms with E-state index in [1.54, 1.807) is 26.4 Å². The zero-order valence-corrected chi connectivity index (χ0v) is 14.1. The minimum absolute atomic E-state index is 0.127. The fourth-order valence-electron chi connectivity index (χ4n) is 2.07. The molecule has 116 valence electrons. The van der Waals surface area contributed by atoms with E-state index < -0.39 is 0 Å². The molecule has 0 aromatic heterocycles. The fraction of sp³-hybridized carbons (Fsp3) is 0.235. The van der Waals surface area contributed by atoms with Gasteiger partial charge in [-0.15, -0.1) is 0 Å². The van der Waals surface area contributed by atoms with E-state index in [1.807, 2.05) is 36.4 Å². The van der Waals surface area contributed by atoms with Crippen LogP contribution in [0.5, 0.6) is 5.75 Å². The fourth-order valence-corrected chi connectivity index (χ4v) is 2.33. The summed E-state index contributed by atoms with van der Waals surface area (Å²) in [4.78, 5) is 12.1. The molecular formula is C17H18BrNO3. The van der Waals surface area contributed by atoms with Crippen LogP contribution in [0.15, 0.2) is 53.0 Å². The summed E-state index contributed by atoms with van der Waals surface area (Å²) in [6.45, 7) is 0.387. The van der Waals surface area contributed by atoms with Crippen molar-refractivity contribution >= 4 is 21.8 Å². The Kier molecular flexibility index (Phi) is 5.98. The van der Waals surface area contributed by atoms with Gasteiger partial charge in [-0.05, 0) is 42.0 Å². The third-order valence-corrected chi connectivity index (χ3v) is 3.83. The van der Waals surface area contributed by atoms with E-state index in [1.165, 1.54) is 0 Å². The molecule has 0 aliphatic rings. The van der Waals surface area contributed by atoms with Gasteiger partial charge in [0.1, 0.15) is 5.75 Å². The SMILES string of the molecule is COc1cccc(C(CNC(=O)c2ccc(Br)cc2)OC)c1. The summed E-state index contributed by atoms with van der Waals surface area (Å²) in [5.41, 5.74) is 1.57. The molecule has 0 radical (unpaired) electrons. The van der Waals surface area contributed by atoms with E-state index in [4.69, 9.17) is 9.47 Å². The van der Waals surface area contributed by atoms with E-state index in [-0.39, 0.29) is 12.0 Å². The number of methoxy groups -OCH3 is 2. The maximum atomic E-state index is 12.1. The van der Waals surface area contributed by atoms with Gasteiger partial charge in [0, 0.05) is 23.7 Å². The molecule has 0 saturated carbocycles. The van der Waals surface area contributed by atoms with Crippen LogP contribution in [0.25, 0.3) is 0 Å². The first-order valence-corrected chi connectivity index (χ1v) is 7.64. The van der Waals surface area contributed by atoms with Crippen LogP contribution < -0.4 is 10.1 Å². The monoisotopic (exact) mass is 363 g/mol. The molecule has 5 heteroatoms. The lowest BCUT2D eigenvalue weighted by Gasteiger charge is -2.17. The van der Waals surface area contributed by atoms with Crippen molar-refractivity contribution < 1.29 is 14.3 Å². The molecule has 22 heavy (non-hydrogen) atoms. The van der Waals surface area contributed by atoms with Crippen LogP contribution in [0, 0.1) is 0 Å². The summed E-state index contributed by atoms with van der Waals surface area (Å²) in [6, 6.07) is 14.8. The van der Waals surface area contributed by atoms with Gasteiger partial charge in [0.25, 0.3) is 5.91 Å². The first kappa shape index (κ1) is 16.5.